The Bertz CT molecular complexity index is 947. The van der Waals surface area contributed by atoms with Crippen LogP contribution in [-0.4, -0.2) is 29.5 Å². The smallest absolute Gasteiger partial charge is 0.278 e. The van der Waals surface area contributed by atoms with Gasteiger partial charge in [-0.2, -0.15) is 0 Å². The van der Waals surface area contributed by atoms with E-state index in [4.69, 9.17) is 11.6 Å². The lowest BCUT2D eigenvalue weighted by atomic mass is 9.90. The van der Waals surface area contributed by atoms with Gasteiger partial charge < -0.3 is 15.6 Å². The molecule has 0 unspecified atom stereocenters. The third-order valence-electron chi connectivity index (χ3n) is 5.34. The van der Waals surface area contributed by atoms with Gasteiger partial charge in [0.25, 0.3) is 5.91 Å². The van der Waals surface area contributed by atoms with Gasteiger partial charge in [0.15, 0.2) is 6.04 Å². The van der Waals surface area contributed by atoms with Crippen LogP contribution in [0.15, 0.2) is 54.7 Å². The molecule has 1 aliphatic carbocycles. The van der Waals surface area contributed by atoms with E-state index in [0.717, 1.165) is 35.5 Å². The molecule has 1 fully saturated rings. The van der Waals surface area contributed by atoms with Crippen molar-refractivity contribution >= 4 is 28.4 Å². The minimum absolute atomic E-state index is 0.103. The number of amides is 1. The van der Waals surface area contributed by atoms with E-state index >= 15 is 0 Å². The van der Waals surface area contributed by atoms with Crippen molar-refractivity contribution in [2.24, 2.45) is 0 Å². The Morgan fingerprint density at radius 2 is 1.93 bits per heavy atom. The number of nitrogens with two attached hydrogens (primary N) is 1. The molecule has 0 aliphatic heterocycles. The summed E-state index contributed by atoms with van der Waals surface area (Å²) in [6, 6.07) is 16.6. The summed E-state index contributed by atoms with van der Waals surface area (Å²) < 4.78 is 0. The molecule has 1 aliphatic rings. The molecule has 0 spiro atoms. The molecule has 2 atom stereocenters. The van der Waals surface area contributed by atoms with Crippen LogP contribution in [0.3, 0.4) is 0 Å². The predicted octanol–water partition coefficient (Wildman–Crippen LogP) is 3.18. The normalized spacial score (nSPS) is 16.2. The van der Waals surface area contributed by atoms with Crippen molar-refractivity contribution in [3.05, 3.63) is 70.9 Å². The molecular weight excluding hydrogens is 358 g/mol. The second-order valence-electron chi connectivity index (χ2n) is 7.41. The van der Waals surface area contributed by atoms with Gasteiger partial charge in [0.05, 0.1) is 12.5 Å². The zero-order chi connectivity index (χ0) is 18.8. The molecule has 4 nitrogen and oxygen atoms in total. The Balaban J connectivity index is 1.60. The molecule has 0 radical (unpaired) electrons. The number of aromatic nitrogens is 1. The largest absolute Gasteiger partial charge is 0.361 e. The van der Waals surface area contributed by atoms with Gasteiger partial charge in [0.2, 0.25) is 0 Å². The highest BCUT2D eigenvalue weighted by molar-refractivity contribution is 6.31. The molecule has 0 saturated heterocycles. The lowest BCUT2D eigenvalue weighted by Gasteiger charge is -2.19. The Labute approximate surface area is 164 Å². The maximum atomic E-state index is 12.3. The second-order valence-corrected chi connectivity index (χ2v) is 7.81. The standard InChI is InChI=1S/C22H24ClN3O/c1-14(22(27)26-15-10-11-15)24-12-18(16-6-2-4-8-20(16)23)19-13-25-21-9-5-3-7-17(19)21/h2-9,13-15,18,24-25H,10-12H2,1H3,(H,26,27)/p+1/t14-,18+/m0/s1. The van der Waals surface area contributed by atoms with Crippen molar-refractivity contribution in [2.75, 3.05) is 6.54 Å². The van der Waals surface area contributed by atoms with Gasteiger partial charge in [-0.25, -0.2) is 0 Å². The number of rotatable bonds is 7. The summed E-state index contributed by atoms with van der Waals surface area (Å²) in [5.41, 5.74) is 3.42. The molecule has 4 N–H and O–H groups in total. The summed E-state index contributed by atoms with van der Waals surface area (Å²) in [7, 11) is 0. The molecule has 1 amide bonds. The van der Waals surface area contributed by atoms with E-state index in [-0.39, 0.29) is 17.9 Å². The SMILES string of the molecule is C[C@H]([NH2+]C[C@H](c1ccccc1Cl)c1c[nH]c2ccccc12)C(=O)NC1CC1. The van der Waals surface area contributed by atoms with Gasteiger partial charge in [-0.05, 0) is 43.0 Å². The van der Waals surface area contributed by atoms with Crippen LogP contribution in [0.4, 0.5) is 0 Å². The monoisotopic (exact) mass is 382 g/mol. The van der Waals surface area contributed by atoms with Crippen LogP contribution in [0, 0.1) is 0 Å². The number of fused-ring (bicyclic) bond motifs is 1. The highest BCUT2D eigenvalue weighted by atomic mass is 35.5. The quantitative estimate of drug-likeness (QED) is 0.577. The van der Waals surface area contributed by atoms with Gasteiger partial charge in [0, 0.05) is 28.2 Å². The third-order valence-corrected chi connectivity index (χ3v) is 5.68. The van der Waals surface area contributed by atoms with Gasteiger partial charge in [-0.15, -0.1) is 0 Å². The minimum atomic E-state index is -0.124. The topological polar surface area (TPSA) is 61.5 Å². The molecule has 1 aromatic heterocycles. The summed E-state index contributed by atoms with van der Waals surface area (Å²) in [4.78, 5) is 15.7. The number of halogens is 1. The van der Waals surface area contributed by atoms with E-state index < -0.39 is 0 Å². The minimum Gasteiger partial charge on any atom is -0.361 e. The number of carbonyl (C=O) groups is 1. The van der Waals surface area contributed by atoms with Crippen LogP contribution in [0.5, 0.6) is 0 Å². The third kappa shape index (κ3) is 4.02. The molecule has 1 saturated carbocycles. The predicted molar refractivity (Wildman–Crippen MR) is 109 cm³/mol. The van der Waals surface area contributed by atoms with Crippen LogP contribution >= 0.6 is 11.6 Å². The van der Waals surface area contributed by atoms with Crippen LogP contribution in [0.2, 0.25) is 5.02 Å². The number of nitrogens with one attached hydrogen (secondary N) is 2. The molecule has 27 heavy (non-hydrogen) atoms. The van der Waals surface area contributed by atoms with Crippen molar-refractivity contribution in [3.8, 4) is 0 Å². The Morgan fingerprint density at radius 3 is 2.70 bits per heavy atom. The Kier molecular flexibility index (Phi) is 5.19. The van der Waals surface area contributed by atoms with Crippen LogP contribution in [-0.2, 0) is 4.79 Å². The maximum Gasteiger partial charge on any atom is 0.278 e. The average molecular weight is 383 g/mol. The summed E-state index contributed by atoms with van der Waals surface area (Å²) in [6.07, 6.45) is 4.29. The van der Waals surface area contributed by atoms with Gasteiger partial charge in [0.1, 0.15) is 0 Å². The number of benzene rings is 2. The number of H-pyrrole nitrogens is 1. The molecule has 5 heteroatoms. The first-order valence-electron chi connectivity index (χ1n) is 9.57. The highest BCUT2D eigenvalue weighted by Gasteiger charge is 2.28. The summed E-state index contributed by atoms with van der Waals surface area (Å²) in [5, 5.41) is 7.17. The van der Waals surface area contributed by atoms with Crippen molar-refractivity contribution in [1.82, 2.24) is 10.3 Å². The molecule has 3 aromatic rings. The van der Waals surface area contributed by atoms with E-state index in [0.29, 0.717) is 6.04 Å². The van der Waals surface area contributed by atoms with Crippen molar-refractivity contribution < 1.29 is 10.1 Å². The summed E-state index contributed by atoms with van der Waals surface area (Å²) >= 11 is 6.54. The maximum absolute atomic E-state index is 12.3. The van der Waals surface area contributed by atoms with Gasteiger partial charge in [-0.1, -0.05) is 48.0 Å². The van der Waals surface area contributed by atoms with Gasteiger partial charge >= 0.3 is 0 Å². The van der Waals surface area contributed by atoms with Crippen LogP contribution in [0.1, 0.15) is 36.8 Å². The van der Waals surface area contributed by atoms with E-state index in [1.807, 2.05) is 31.2 Å². The van der Waals surface area contributed by atoms with E-state index in [1.54, 1.807) is 0 Å². The first-order chi connectivity index (χ1) is 13.1. The number of para-hydroxylation sites is 1. The molecular formula is C22H25ClN3O+. The zero-order valence-corrected chi connectivity index (χ0v) is 16.2. The molecule has 1 heterocycles. The highest BCUT2D eigenvalue weighted by Crippen LogP contribution is 2.33. The fourth-order valence-electron chi connectivity index (χ4n) is 3.57. The van der Waals surface area contributed by atoms with Crippen LogP contribution < -0.4 is 10.6 Å². The van der Waals surface area contributed by atoms with Gasteiger partial charge in [-0.3, -0.25) is 4.79 Å². The van der Waals surface area contributed by atoms with Crippen molar-refractivity contribution in [3.63, 3.8) is 0 Å². The molecule has 2 aromatic carbocycles. The lowest BCUT2D eigenvalue weighted by molar-refractivity contribution is -0.674. The Hall–Kier alpha value is -2.30. The number of carbonyl (C=O) groups excluding carboxylic acids is 1. The molecule has 4 rings (SSSR count). The number of aromatic amines is 1. The zero-order valence-electron chi connectivity index (χ0n) is 15.4. The first kappa shape index (κ1) is 18.1. The fraction of sp³-hybridized carbons (Fsp3) is 0.318. The average Bonchev–Trinajstić information content (AvgIpc) is 3.39. The summed E-state index contributed by atoms with van der Waals surface area (Å²) in [6.45, 7) is 2.72. The van der Waals surface area contributed by atoms with Crippen molar-refractivity contribution in [2.45, 2.75) is 37.8 Å². The van der Waals surface area contributed by atoms with E-state index in [2.05, 4.69) is 46.1 Å². The number of hydrogen-bond acceptors (Lipinski definition) is 1. The van der Waals surface area contributed by atoms with Crippen LogP contribution in [0.25, 0.3) is 10.9 Å². The van der Waals surface area contributed by atoms with E-state index in [1.165, 1.54) is 10.9 Å². The molecule has 140 valence electrons. The van der Waals surface area contributed by atoms with Crippen molar-refractivity contribution in [1.29, 1.82) is 0 Å². The second kappa shape index (κ2) is 7.75. The Morgan fingerprint density at radius 1 is 1.19 bits per heavy atom. The van der Waals surface area contributed by atoms with E-state index in [9.17, 15) is 4.79 Å². The summed E-state index contributed by atoms with van der Waals surface area (Å²) in [5.74, 6) is 0.223. The first-order valence-corrected chi connectivity index (χ1v) is 9.95. The lowest BCUT2D eigenvalue weighted by Crippen LogP contribution is -2.92. The molecule has 0 bridgehead atoms. The number of hydrogen-bond donors (Lipinski definition) is 3. The fourth-order valence-corrected chi connectivity index (χ4v) is 3.84. The number of quaternary nitrogens is 1.